The maximum Gasteiger partial charge on any atom is 0.159 e. The van der Waals surface area contributed by atoms with E-state index in [0.717, 1.165) is 41.5 Å². The summed E-state index contributed by atoms with van der Waals surface area (Å²) in [5, 5.41) is 12.7. The predicted octanol–water partition coefficient (Wildman–Crippen LogP) is 2.15. The molecule has 0 aliphatic heterocycles. The van der Waals surface area contributed by atoms with E-state index in [-0.39, 0.29) is 0 Å². The molecule has 0 saturated carbocycles. The number of rotatable bonds is 5. The van der Waals surface area contributed by atoms with Crippen LogP contribution in [0.1, 0.15) is 42.7 Å². The molecule has 0 atom stereocenters. The van der Waals surface area contributed by atoms with Gasteiger partial charge >= 0.3 is 0 Å². The van der Waals surface area contributed by atoms with Crippen LogP contribution in [0.15, 0.2) is 18.6 Å². The lowest BCUT2D eigenvalue weighted by atomic mass is 10.3. The van der Waals surface area contributed by atoms with Crippen LogP contribution in [0.25, 0.3) is 5.65 Å². The molecule has 122 valence electrons. The molecule has 3 rings (SSSR count). The number of fused-ring (bicyclic) bond motifs is 1. The van der Waals surface area contributed by atoms with Crippen molar-refractivity contribution in [1.29, 1.82) is 0 Å². The largest absolute Gasteiger partial charge is 0.314 e. The van der Waals surface area contributed by atoms with E-state index >= 15 is 0 Å². The molecule has 3 aromatic heterocycles. The maximum absolute atomic E-state index is 4.63. The molecule has 7 nitrogen and oxygen atoms in total. The van der Waals surface area contributed by atoms with E-state index in [1.54, 1.807) is 6.33 Å². The van der Waals surface area contributed by atoms with E-state index in [0.29, 0.717) is 6.04 Å². The first-order valence-electron chi connectivity index (χ1n) is 7.83. The molecule has 23 heavy (non-hydrogen) atoms. The van der Waals surface area contributed by atoms with Gasteiger partial charge in [-0.05, 0) is 40.8 Å². The fourth-order valence-electron chi connectivity index (χ4n) is 2.83. The standard InChI is InChI=1S/C16H23N7/c1-11(2)22-10-17-20-15(22)9-21(5)8-14-7-18-23-13(4)6-12(3)19-16(14)23/h6-7,10-11H,8-9H2,1-5H3. The van der Waals surface area contributed by atoms with Crippen LogP contribution in [0.4, 0.5) is 0 Å². The Morgan fingerprint density at radius 3 is 2.74 bits per heavy atom. The molecule has 0 N–H and O–H groups in total. The summed E-state index contributed by atoms with van der Waals surface area (Å²) in [5.41, 5.74) is 4.16. The second-order valence-electron chi connectivity index (χ2n) is 6.36. The first-order chi connectivity index (χ1) is 11.0. The molecule has 0 amide bonds. The molecule has 0 aromatic carbocycles. The van der Waals surface area contributed by atoms with Crippen molar-refractivity contribution in [2.24, 2.45) is 0 Å². The Bertz CT molecular complexity index is 815. The molecule has 0 spiro atoms. The third-order valence-electron chi connectivity index (χ3n) is 3.91. The van der Waals surface area contributed by atoms with Crippen molar-refractivity contribution in [2.75, 3.05) is 7.05 Å². The third kappa shape index (κ3) is 3.10. The van der Waals surface area contributed by atoms with E-state index in [2.05, 4.69) is 50.6 Å². The zero-order valence-electron chi connectivity index (χ0n) is 14.4. The van der Waals surface area contributed by atoms with Gasteiger partial charge in [-0.1, -0.05) is 0 Å². The Morgan fingerprint density at radius 1 is 1.22 bits per heavy atom. The monoisotopic (exact) mass is 313 g/mol. The van der Waals surface area contributed by atoms with E-state index in [1.165, 1.54) is 0 Å². The molecular formula is C16H23N7. The summed E-state index contributed by atoms with van der Waals surface area (Å²) >= 11 is 0. The van der Waals surface area contributed by atoms with Crippen LogP contribution >= 0.6 is 0 Å². The van der Waals surface area contributed by atoms with Gasteiger partial charge in [-0.2, -0.15) is 5.10 Å². The summed E-state index contributed by atoms with van der Waals surface area (Å²) in [6, 6.07) is 2.40. The topological polar surface area (TPSA) is 64.1 Å². The van der Waals surface area contributed by atoms with Gasteiger partial charge in [0, 0.05) is 29.5 Å². The zero-order chi connectivity index (χ0) is 16.6. The van der Waals surface area contributed by atoms with Gasteiger partial charge in [0.05, 0.1) is 12.7 Å². The summed E-state index contributed by atoms with van der Waals surface area (Å²) < 4.78 is 3.99. The smallest absolute Gasteiger partial charge is 0.159 e. The molecule has 0 aliphatic carbocycles. The van der Waals surface area contributed by atoms with Crippen LogP contribution in [-0.4, -0.2) is 41.3 Å². The molecule has 3 heterocycles. The Labute approximate surface area is 136 Å². The Morgan fingerprint density at radius 2 is 2.00 bits per heavy atom. The summed E-state index contributed by atoms with van der Waals surface area (Å²) in [5.74, 6) is 0.972. The average molecular weight is 313 g/mol. The highest BCUT2D eigenvalue weighted by Gasteiger charge is 2.14. The first-order valence-corrected chi connectivity index (χ1v) is 7.83. The average Bonchev–Trinajstić information content (AvgIpc) is 3.06. The lowest BCUT2D eigenvalue weighted by molar-refractivity contribution is 0.302. The third-order valence-corrected chi connectivity index (χ3v) is 3.91. The van der Waals surface area contributed by atoms with Gasteiger partial charge in [0.25, 0.3) is 0 Å². The van der Waals surface area contributed by atoms with E-state index < -0.39 is 0 Å². The highest BCUT2D eigenvalue weighted by molar-refractivity contribution is 5.47. The molecule has 0 bridgehead atoms. The minimum atomic E-state index is 0.359. The molecule has 3 aromatic rings. The molecule has 0 unspecified atom stereocenters. The fraction of sp³-hybridized carbons (Fsp3) is 0.500. The number of aryl methyl sites for hydroxylation is 2. The van der Waals surface area contributed by atoms with E-state index in [1.807, 2.05) is 30.6 Å². The van der Waals surface area contributed by atoms with Crippen LogP contribution in [0.2, 0.25) is 0 Å². The Balaban J connectivity index is 1.80. The van der Waals surface area contributed by atoms with Gasteiger partial charge in [-0.3, -0.25) is 4.90 Å². The van der Waals surface area contributed by atoms with Gasteiger partial charge in [0.15, 0.2) is 5.65 Å². The van der Waals surface area contributed by atoms with Crippen molar-refractivity contribution >= 4 is 5.65 Å². The number of hydrogen-bond donors (Lipinski definition) is 0. The van der Waals surface area contributed by atoms with Crippen molar-refractivity contribution in [2.45, 2.75) is 46.8 Å². The highest BCUT2D eigenvalue weighted by atomic mass is 15.3. The number of aromatic nitrogens is 6. The summed E-state index contributed by atoms with van der Waals surface area (Å²) in [6.45, 7) is 9.83. The van der Waals surface area contributed by atoms with Crippen molar-refractivity contribution in [3.63, 3.8) is 0 Å². The lowest BCUT2D eigenvalue weighted by Gasteiger charge is -2.17. The molecule has 0 radical (unpaired) electrons. The minimum Gasteiger partial charge on any atom is -0.314 e. The van der Waals surface area contributed by atoms with Crippen molar-refractivity contribution in [1.82, 2.24) is 34.3 Å². The van der Waals surface area contributed by atoms with E-state index in [4.69, 9.17) is 0 Å². The molecular weight excluding hydrogens is 290 g/mol. The van der Waals surface area contributed by atoms with Gasteiger partial charge in [0.2, 0.25) is 0 Å². The maximum atomic E-state index is 4.63. The number of nitrogens with zero attached hydrogens (tertiary/aromatic N) is 7. The number of hydrogen-bond acceptors (Lipinski definition) is 5. The lowest BCUT2D eigenvalue weighted by Crippen LogP contribution is -2.20. The van der Waals surface area contributed by atoms with Gasteiger partial charge < -0.3 is 4.57 Å². The normalized spacial score (nSPS) is 12.0. The van der Waals surface area contributed by atoms with Crippen LogP contribution in [-0.2, 0) is 13.1 Å². The van der Waals surface area contributed by atoms with Crippen molar-refractivity contribution < 1.29 is 0 Å². The molecule has 0 fully saturated rings. The predicted molar refractivity (Wildman–Crippen MR) is 88.0 cm³/mol. The Hall–Kier alpha value is -2.28. The first kappa shape index (κ1) is 15.6. The Kier molecular flexibility index (Phi) is 4.12. The molecule has 0 aliphatic rings. The SMILES string of the molecule is Cc1cc(C)n2ncc(CN(C)Cc3nncn3C(C)C)c2n1. The fourth-order valence-corrected chi connectivity index (χ4v) is 2.83. The minimum absolute atomic E-state index is 0.359. The summed E-state index contributed by atoms with van der Waals surface area (Å²) in [7, 11) is 2.07. The van der Waals surface area contributed by atoms with Crippen LogP contribution in [0.5, 0.6) is 0 Å². The van der Waals surface area contributed by atoms with Crippen LogP contribution in [0.3, 0.4) is 0 Å². The van der Waals surface area contributed by atoms with Crippen LogP contribution in [0, 0.1) is 13.8 Å². The second-order valence-corrected chi connectivity index (χ2v) is 6.36. The molecule has 7 heteroatoms. The van der Waals surface area contributed by atoms with E-state index in [9.17, 15) is 0 Å². The quantitative estimate of drug-likeness (QED) is 0.722. The summed E-state index contributed by atoms with van der Waals surface area (Å²) in [4.78, 5) is 6.84. The second kappa shape index (κ2) is 6.08. The molecule has 0 saturated heterocycles. The zero-order valence-corrected chi connectivity index (χ0v) is 14.4. The van der Waals surface area contributed by atoms with Gasteiger partial charge in [0.1, 0.15) is 12.2 Å². The highest BCUT2D eigenvalue weighted by Crippen LogP contribution is 2.15. The summed E-state index contributed by atoms with van der Waals surface area (Å²) in [6.07, 6.45) is 3.69. The van der Waals surface area contributed by atoms with Crippen molar-refractivity contribution in [3.05, 3.63) is 41.4 Å². The van der Waals surface area contributed by atoms with Crippen molar-refractivity contribution in [3.8, 4) is 0 Å². The van der Waals surface area contributed by atoms with Crippen LogP contribution < -0.4 is 0 Å². The van der Waals surface area contributed by atoms with Gasteiger partial charge in [-0.25, -0.2) is 9.50 Å². The van der Waals surface area contributed by atoms with Gasteiger partial charge in [-0.15, -0.1) is 10.2 Å².